The van der Waals surface area contributed by atoms with E-state index in [1.165, 1.54) is 0 Å². The number of rotatable bonds is 4. The van der Waals surface area contributed by atoms with Crippen molar-refractivity contribution < 1.29 is 14.3 Å². The lowest BCUT2D eigenvalue weighted by Gasteiger charge is -2.36. The first kappa shape index (κ1) is 18.5. The summed E-state index contributed by atoms with van der Waals surface area (Å²) in [5.74, 6) is 2.15. The second-order valence-electron chi connectivity index (χ2n) is 6.14. The van der Waals surface area contributed by atoms with Gasteiger partial charge in [0, 0.05) is 42.9 Å². The Morgan fingerprint density at radius 1 is 1.12 bits per heavy atom. The molecule has 0 N–H and O–H groups in total. The number of carbonyl (C=O) groups is 1. The van der Waals surface area contributed by atoms with E-state index >= 15 is 0 Å². The van der Waals surface area contributed by atoms with Gasteiger partial charge in [0.15, 0.2) is 0 Å². The number of ether oxygens (including phenoxy) is 2. The zero-order valence-electron chi connectivity index (χ0n) is 15.2. The number of anilines is 1. The topological polar surface area (TPSA) is 54.9 Å². The van der Waals surface area contributed by atoms with E-state index in [2.05, 4.69) is 31.9 Å². The molecule has 2 aromatic rings. The van der Waals surface area contributed by atoms with Gasteiger partial charge < -0.3 is 19.3 Å². The van der Waals surface area contributed by atoms with Gasteiger partial charge >= 0.3 is 0 Å². The predicted molar refractivity (Wildman–Crippen MR) is 104 cm³/mol. The van der Waals surface area contributed by atoms with Crippen LogP contribution in [0.3, 0.4) is 0 Å². The minimum absolute atomic E-state index is 0.0235. The minimum atomic E-state index is -0.0235. The maximum absolute atomic E-state index is 12.9. The average Bonchev–Trinajstić information content (AvgIpc) is 2.67. The first-order valence-corrected chi connectivity index (χ1v) is 9.21. The molecular weight excluding hydrogens is 398 g/mol. The van der Waals surface area contributed by atoms with E-state index in [1.807, 2.05) is 18.0 Å². The van der Waals surface area contributed by atoms with E-state index in [9.17, 15) is 4.79 Å². The Bertz CT molecular complexity index is 805. The number of aromatic nitrogens is 1. The number of pyridine rings is 1. The summed E-state index contributed by atoms with van der Waals surface area (Å²) in [5.41, 5.74) is 1.68. The Morgan fingerprint density at radius 2 is 1.85 bits per heavy atom. The number of hydrogen-bond acceptors (Lipinski definition) is 5. The molecule has 0 aliphatic carbocycles. The zero-order valence-corrected chi connectivity index (χ0v) is 16.7. The maximum atomic E-state index is 12.9. The smallest absolute Gasteiger partial charge is 0.257 e. The van der Waals surface area contributed by atoms with E-state index in [1.54, 1.807) is 32.4 Å². The Hall–Kier alpha value is -2.28. The summed E-state index contributed by atoms with van der Waals surface area (Å²) in [4.78, 5) is 21.5. The van der Waals surface area contributed by atoms with Crippen LogP contribution in [0.4, 0.5) is 5.82 Å². The second-order valence-corrected chi connectivity index (χ2v) is 7.06. The fraction of sp³-hybridized carbons (Fsp3) is 0.368. The maximum Gasteiger partial charge on any atom is 0.257 e. The predicted octanol–water partition coefficient (Wildman–Crippen LogP) is 3.13. The quantitative estimate of drug-likeness (QED) is 0.761. The Morgan fingerprint density at radius 3 is 2.46 bits per heavy atom. The van der Waals surface area contributed by atoms with Gasteiger partial charge in [-0.15, -0.1) is 0 Å². The van der Waals surface area contributed by atoms with Gasteiger partial charge in [-0.1, -0.05) is 0 Å². The first-order chi connectivity index (χ1) is 12.5. The first-order valence-electron chi connectivity index (χ1n) is 8.42. The highest BCUT2D eigenvalue weighted by Crippen LogP contribution is 2.27. The lowest BCUT2D eigenvalue weighted by atomic mass is 10.1. The summed E-state index contributed by atoms with van der Waals surface area (Å²) in [5, 5.41) is 0. The summed E-state index contributed by atoms with van der Waals surface area (Å²) >= 11 is 3.44. The van der Waals surface area contributed by atoms with Crippen LogP contribution in [0.1, 0.15) is 15.9 Å². The molecule has 3 rings (SSSR count). The highest BCUT2D eigenvalue weighted by Gasteiger charge is 2.25. The molecule has 1 amide bonds. The fourth-order valence-corrected chi connectivity index (χ4v) is 3.58. The van der Waals surface area contributed by atoms with Crippen LogP contribution in [-0.4, -0.2) is 56.2 Å². The third-order valence-electron chi connectivity index (χ3n) is 4.52. The second kappa shape index (κ2) is 7.95. The molecule has 1 saturated heterocycles. The van der Waals surface area contributed by atoms with Crippen molar-refractivity contribution in [1.29, 1.82) is 0 Å². The number of halogens is 1. The summed E-state index contributed by atoms with van der Waals surface area (Å²) < 4.78 is 11.5. The summed E-state index contributed by atoms with van der Waals surface area (Å²) in [6.45, 7) is 4.84. The van der Waals surface area contributed by atoms with Crippen LogP contribution in [0, 0.1) is 6.92 Å². The molecule has 6 nitrogen and oxygen atoms in total. The summed E-state index contributed by atoms with van der Waals surface area (Å²) in [6, 6.07) is 7.33. The van der Waals surface area contributed by atoms with E-state index in [0.29, 0.717) is 30.2 Å². The summed E-state index contributed by atoms with van der Waals surface area (Å²) in [6.07, 6.45) is 1.81. The highest BCUT2D eigenvalue weighted by molar-refractivity contribution is 9.10. The van der Waals surface area contributed by atoms with Gasteiger partial charge in [0.2, 0.25) is 0 Å². The Balaban J connectivity index is 1.71. The molecule has 0 saturated carbocycles. The van der Waals surface area contributed by atoms with Crippen molar-refractivity contribution in [3.63, 3.8) is 0 Å². The van der Waals surface area contributed by atoms with E-state index in [4.69, 9.17) is 9.47 Å². The summed E-state index contributed by atoms with van der Waals surface area (Å²) in [7, 11) is 3.15. The number of benzene rings is 1. The van der Waals surface area contributed by atoms with Gasteiger partial charge in [-0.2, -0.15) is 0 Å². The normalized spacial score (nSPS) is 14.3. The highest BCUT2D eigenvalue weighted by atomic mass is 79.9. The monoisotopic (exact) mass is 419 g/mol. The molecule has 0 atom stereocenters. The van der Waals surface area contributed by atoms with Crippen molar-refractivity contribution in [3.8, 4) is 11.5 Å². The lowest BCUT2D eigenvalue weighted by Crippen LogP contribution is -2.49. The van der Waals surface area contributed by atoms with Gasteiger partial charge in [-0.3, -0.25) is 4.79 Å². The average molecular weight is 420 g/mol. The van der Waals surface area contributed by atoms with Crippen molar-refractivity contribution in [3.05, 3.63) is 46.1 Å². The van der Waals surface area contributed by atoms with Gasteiger partial charge in [-0.05, 0) is 46.6 Å². The minimum Gasteiger partial charge on any atom is -0.497 e. The Kier molecular flexibility index (Phi) is 5.66. The molecular formula is C19H22BrN3O3. The third kappa shape index (κ3) is 3.77. The molecule has 0 bridgehead atoms. The number of aryl methyl sites for hydroxylation is 1. The van der Waals surface area contributed by atoms with Crippen LogP contribution in [0.5, 0.6) is 11.5 Å². The fourth-order valence-electron chi connectivity index (χ4n) is 3.13. The number of carbonyl (C=O) groups excluding carboxylic acids is 1. The molecule has 138 valence electrons. The van der Waals surface area contributed by atoms with Crippen LogP contribution < -0.4 is 14.4 Å². The van der Waals surface area contributed by atoms with Crippen molar-refractivity contribution in [2.24, 2.45) is 0 Å². The van der Waals surface area contributed by atoms with Gasteiger partial charge in [-0.25, -0.2) is 4.98 Å². The van der Waals surface area contributed by atoms with Crippen molar-refractivity contribution >= 4 is 27.7 Å². The molecule has 0 spiro atoms. The van der Waals surface area contributed by atoms with Crippen molar-refractivity contribution in [1.82, 2.24) is 9.88 Å². The largest absolute Gasteiger partial charge is 0.497 e. The van der Waals surface area contributed by atoms with Crippen LogP contribution in [0.25, 0.3) is 0 Å². The molecule has 0 unspecified atom stereocenters. The number of methoxy groups -OCH3 is 2. The molecule has 1 aromatic carbocycles. The zero-order chi connectivity index (χ0) is 18.7. The molecule has 0 radical (unpaired) electrons. The van der Waals surface area contributed by atoms with Crippen LogP contribution in [-0.2, 0) is 0 Å². The molecule has 26 heavy (non-hydrogen) atoms. The van der Waals surface area contributed by atoms with Crippen LogP contribution in [0.15, 0.2) is 34.9 Å². The van der Waals surface area contributed by atoms with E-state index < -0.39 is 0 Å². The number of piperazine rings is 1. The number of hydrogen-bond donors (Lipinski definition) is 0. The van der Waals surface area contributed by atoms with Gasteiger partial charge in [0.05, 0.1) is 19.8 Å². The number of amides is 1. The Labute approximate surface area is 161 Å². The van der Waals surface area contributed by atoms with Crippen LogP contribution >= 0.6 is 15.9 Å². The number of nitrogens with zero attached hydrogens (tertiary/aromatic N) is 3. The molecule has 1 aliphatic rings. The molecule has 2 heterocycles. The van der Waals surface area contributed by atoms with Crippen LogP contribution in [0.2, 0.25) is 0 Å². The molecule has 1 aliphatic heterocycles. The molecule has 7 heteroatoms. The van der Waals surface area contributed by atoms with Gasteiger partial charge in [0.1, 0.15) is 17.3 Å². The molecule has 1 fully saturated rings. The van der Waals surface area contributed by atoms with Gasteiger partial charge in [0.25, 0.3) is 5.91 Å². The lowest BCUT2D eigenvalue weighted by molar-refractivity contribution is 0.0743. The molecule has 1 aromatic heterocycles. The van der Waals surface area contributed by atoms with Crippen molar-refractivity contribution in [2.45, 2.75) is 6.92 Å². The standard InChI is InChI=1S/C19H22BrN3O3/c1-13-10-14(20)12-21-18(13)22-6-8-23(9-7-22)19(24)16-5-4-15(25-2)11-17(16)26-3/h4-5,10-12H,6-9H2,1-3H3. The van der Waals surface area contributed by atoms with Crippen molar-refractivity contribution in [2.75, 3.05) is 45.3 Å². The van der Waals surface area contributed by atoms with E-state index in [-0.39, 0.29) is 5.91 Å². The third-order valence-corrected chi connectivity index (χ3v) is 4.96. The van der Waals surface area contributed by atoms with E-state index in [0.717, 1.165) is 28.9 Å². The SMILES string of the molecule is COc1ccc(C(=O)N2CCN(c3ncc(Br)cc3C)CC2)c(OC)c1.